The van der Waals surface area contributed by atoms with E-state index in [2.05, 4.69) is 35.3 Å². The number of nitrogens with zero attached hydrogens (tertiary/aromatic N) is 2. The van der Waals surface area contributed by atoms with Crippen LogP contribution in [0.1, 0.15) is 39.3 Å². The van der Waals surface area contributed by atoms with E-state index in [9.17, 15) is 4.79 Å². The molecule has 0 saturated carbocycles. The third-order valence-electron chi connectivity index (χ3n) is 4.05. The number of aryl methyl sites for hydroxylation is 1. The second-order valence-electron chi connectivity index (χ2n) is 6.81. The summed E-state index contributed by atoms with van der Waals surface area (Å²) in [7, 11) is 2.07. The summed E-state index contributed by atoms with van der Waals surface area (Å²) in [5.41, 5.74) is 1.04. The molecular formula is C16H27N3O. The predicted molar refractivity (Wildman–Crippen MR) is 81.3 cm³/mol. The van der Waals surface area contributed by atoms with Gasteiger partial charge in [0.15, 0.2) is 0 Å². The first kappa shape index (κ1) is 15.1. The molecule has 1 aliphatic rings. The largest absolute Gasteiger partial charge is 0.353 e. The Morgan fingerprint density at radius 1 is 1.35 bits per heavy atom. The van der Waals surface area contributed by atoms with Crippen LogP contribution in [0.15, 0.2) is 18.3 Å². The van der Waals surface area contributed by atoms with Crippen molar-refractivity contribution in [3.63, 3.8) is 0 Å². The molecule has 0 unspecified atom stereocenters. The minimum Gasteiger partial charge on any atom is -0.353 e. The molecule has 1 saturated heterocycles. The van der Waals surface area contributed by atoms with E-state index in [0.717, 1.165) is 32.5 Å². The van der Waals surface area contributed by atoms with E-state index < -0.39 is 0 Å². The fourth-order valence-corrected chi connectivity index (χ4v) is 2.69. The van der Waals surface area contributed by atoms with Crippen LogP contribution in [0.5, 0.6) is 0 Å². The van der Waals surface area contributed by atoms with Crippen molar-refractivity contribution in [2.75, 3.05) is 13.1 Å². The van der Waals surface area contributed by atoms with Crippen molar-refractivity contribution >= 4 is 5.91 Å². The first-order chi connectivity index (χ1) is 9.38. The lowest BCUT2D eigenvalue weighted by Crippen LogP contribution is -2.48. The number of nitrogens with one attached hydrogen (secondary N) is 1. The zero-order chi connectivity index (χ0) is 14.8. The first-order valence-electron chi connectivity index (χ1n) is 7.51. The highest BCUT2D eigenvalue weighted by Crippen LogP contribution is 2.21. The summed E-state index contributed by atoms with van der Waals surface area (Å²) in [6, 6.07) is 4.74. The molecule has 4 nitrogen and oxygen atoms in total. The number of amides is 1. The number of likely N-dealkylation sites (tertiary alicyclic amines) is 1. The summed E-state index contributed by atoms with van der Waals surface area (Å²) in [4.78, 5) is 14.2. The second-order valence-corrected chi connectivity index (χ2v) is 6.81. The van der Waals surface area contributed by atoms with E-state index >= 15 is 0 Å². The Labute approximate surface area is 122 Å². The van der Waals surface area contributed by atoms with Crippen molar-refractivity contribution in [3.8, 4) is 0 Å². The third-order valence-corrected chi connectivity index (χ3v) is 4.05. The maximum Gasteiger partial charge on any atom is 0.227 e. The highest BCUT2D eigenvalue weighted by atomic mass is 16.2. The molecule has 0 radical (unpaired) electrons. The molecule has 1 fully saturated rings. The summed E-state index contributed by atoms with van der Waals surface area (Å²) in [5, 5.41) is 3.60. The summed E-state index contributed by atoms with van der Waals surface area (Å²) in [5.74, 6) is 0.276. The summed E-state index contributed by atoms with van der Waals surface area (Å²) >= 11 is 0. The molecule has 2 heterocycles. The fraction of sp³-hybridized carbons (Fsp3) is 0.688. The van der Waals surface area contributed by atoms with Gasteiger partial charge in [0.05, 0.1) is 0 Å². The molecule has 0 spiro atoms. The Morgan fingerprint density at radius 2 is 2.00 bits per heavy atom. The van der Waals surface area contributed by atoms with Crippen LogP contribution in [0.3, 0.4) is 0 Å². The van der Waals surface area contributed by atoms with E-state index in [1.54, 1.807) is 0 Å². The standard InChI is InChI=1S/C16H27N3O/c1-16(2,3)15(20)19-10-7-13(8-11-19)17-12-14-6-5-9-18(14)4/h5-6,9,13,17H,7-8,10-12H2,1-4H3. The average Bonchev–Trinajstić information content (AvgIpc) is 2.81. The van der Waals surface area contributed by atoms with E-state index in [1.165, 1.54) is 5.69 Å². The van der Waals surface area contributed by atoms with Gasteiger partial charge < -0.3 is 14.8 Å². The van der Waals surface area contributed by atoms with Crippen molar-refractivity contribution in [1.82, 2.24) is 14.8 Å². The van der Waals surface area contributed by atoms with Crippen molar-refractivity contribution in [3.05, 3.63) is 24.0 Å². The summed E-state index contributed by atoms with van der Waals surface area (Å²) in [6.07, 6.45) is 4.17. The molecule has 0 aliphatic carbocycles. The molecule has 2 rings (SSSR count). The third kappa shape index (κ3) is 3.63. The Hall–Kier alpha value is -1.29. The zero-order valence-corrected chi connectivity index (χ0v) is 13.1. The maximum atomic E-state index is 12.2. The number of hydrogen-bond acceptors (Lipinski definition) is 2. The van der Waals surface area contributed by atoms with Crippen LogP contribution in [0, 0.1) is 5.41 Å². The molecule has 112 valence electrons. The van der Waals surface area contributed by atoms with Gasteiger partial charge in [-0.2, -0.15) is 0 Å². The highest BCUT2D eigenvalue weighted by molar-refractivity contribution is 5.81. The van der Waals surface area contributed by atoms with Crippen molar-refractivity contribution in [2.45, 2.75) is 46.2 Å². The molecule has 20 heavy (non-hydrogen) atoms. The molecule has 1 N–H and O–H groups in total. The van der Waals surface area contributed by atoms with Gasteiger partial charge in [-0.05, 0) is 25.0 Å². The zero-order valence-electron chi connectivity index (χ0n) is 13.1. The number of piperidine rings is 1. The molecule has 0 aromatic carbocycles. The monoisotopic (exact) mass is 277 g/mol. The van der Waals surface area contributed by atoms with Gasteiger partial charge >= 0.3 is 0 Å². The molecule has 4 heteroatoms. The van der Waals surface area contributed by atoms with Gasteiger partial charge in [-0.1, -0.05) is 20.8 Å². The quantitative estimate of drug-likeness (QED) is 0.919. The molecule has 1 aliphatic heterocycles. The number of carbonyl (C=O) groups is 1. The van der Waals surface area contributed by atoms with E-state index in [4.69, 9.17) is 0 Å². The van der Waals surface area contributed by atoms with E-state index in [0.29, 0.717) is 6.04 Å². The summed E-state index contributed by atoms with van der Waals surface area (Å²) < 4.78 is 2.14. The molecule has 0 bridgehead atoms. The van der Waals surface area contributed by atoms with Gasteiger partial charge in [0, 0.05) is 50.0 Å². The van der Waals surface area contributed by atoms with Crippen LogP contribution in [0.25, 0.3) is 0 Å². The number of carbonyl (C=O) groups excluding carboxylic acids is 1. The van der Waals surface area contributed by atoms with Crippen LogP contribution in [-0.2, 0) is 18.4 Å². The lowest BCUT2D eigenvalue weighted by atomic mass is 9.93. The van der Waals surface area contributed by atoms with Crippen molar-refractivity contribution in [1.29, 1.82) is 0 Å². The Kier molecular flexibility index (Phi) is 4.53. The van der Waals surface area contributed by atoms with Crippen LogP contribution >= 0.6 is 0 Å². The molecule has 1 amide bonds. The summed E-state index contributed by atoms with van der Waals surface area (Å²) in [6.45, 7) is 8.64. The van der Waals surface area contributed by atoms with Crippen LogP contribution in [0.2, 0.25) is 0 Å². The normalized spacial score (nSPS) is 17.5. The smallest absolute Gasteiger partial charge is 0.227 e. The Bertz CT molecular complexity index is 451. The molecule has 1 aromatic heterocycles. The average molecular weight is 277 g/mol. The van der Waals surface area contributed by atoms with Crippen LogP contribution in [-0.4, -0.2) is 34.5 Å². The van der Waals surface area contributed by atoms with Gasteiger partial charge in [-0.3, -0.25) is 4.79 Å². The van der Waals surface area contributed by atoms with Gasteiger partial charge in [-0.15, -0.1) is 0 Å². The minimum absolute atomic E-state index is 0.261. The molecule has 0 atom stereocenters. The minimum atomic E-state index is -0.261. The maximum absolute atomic E-state index is 12.2. The number of aromatic nitrogens is 1. The SMILES string of the molecule is Cn1cccc1CNC1CCN(C(=O)C(C)(C)C)CC1. The van der Waals surface area contributed by atoms with Crippen molar-refractivity contribution < 1.29 is 4.79 Å². The molecular weight excluding hydrogens is 250 g/mol. The lowest BCUT2D eigenvalue weighted by molar-refractivity contribution is -0.140. The van der Waals surface area contributed by atoms with Gasteiger partial charge in [0.1, 0.15) is 0 Å². The van der Waals surface area contributed by atoms with E-state index in [-0.39, 0.29) is 11.3 Å². The topological polar surface area (TPSA) is 37.3 Å². The lowest BCUT2D eigenvalue weighted by Gasteiger charge is -2.36. The first-order valence-corrected chi connectivity index (χ1v) is 7.51. The molecule has 1 aromatic rings. The number of hydrogen-bond donors (Lipinski definition) is 1. The van der Waals surface area contributed by atoms with Crippen LogP contribution in [0.4, 0.5) is 0 Å². The van der Waals surface area contributed by atoms with Gasteiger partial charge in [0.2, 0.25) is 5.91 Å². The Morgan fingerprint density at radius 3 is 2.50 bits per heavy atom. The fourth-order valence-electron chi connectivity index (χ4n) is 2.69. The Balaban J connectivity index is 1.77. The van der Waals surface area contributed by atoms with Gasteiger partial charge in [-0.25, -0.2) is 0 Å². The number of rotatable bonds is 3. The van der Waals surface area contributed by atoms with Crippen molar-refractivity contribution in [2.24, 2.45) is 12.5 Å². The van der Waals surface area contributed by atoms with E-state index in [1.807, 2.05) is 25.7 Å². The van der Waals surface area contributed by atoms with Crippen LogP contribution < -0.4 is 5.32 Å². The predicted octanol–water partition coefficient (Wildman–Crippen LogP) is 2.15. The van der Waals surface area contributed by atoms with Gasteiger partial charge in [0.25, 0.3) is 0 Å². The highest BCUT2D eigenvalue weighted by Gasteiger charge is 2.30. The second kappa shape index (κ2) is 6.00.